The van der Waals surface area contributed by atoms with Crippen molar-refractivity contribution in [2.45, 2.75) is 54.0 Å². The minimum Gasteiger partial charge on any atom is -0.286 e. The standard InChI is InChI=1S/C13H21N.C2H6/c1-11-6-8-12(2,3)10-14-13(4,5)9-7-11;1-2/h6-11H,1-5H3;1-2H3/b8-6-,9-7-,14-10?;. The summed E-state index contributed by atoms with van der Waals surface area (Å²) in [6.45, 7) is 14.8. The van der Waals surface area contributed by atoms with Crippen molar-refractivity contribution in [3.63, 3.8) is 0 Å². The van der Waals surface area contributed by atoms with Crippen LogP contribution < -0.4 is 0 Å². The van der Waals surface area contributed by atoms with Crippen LogP contribution >= 0.6 is 0 Å². The summed E-state index contributed by atoms with van der Waals surface area (Å²) in [5, 5.41) is 0. The van der Waals surface area contributed by atoms with Crippen molar-refractivity contribution in [1.29, 1.82) is 0 Å². The smallest absolute Gasteiger partial charge is 0.0728 e. The Kier molecular flexibility index (Phi) is 5.71. The van der Waals surface area contributed by atoms with Crippen molar-refractivity contribution in [3.8, 4) is 0 Å². The summed E-state index contributed by atoms with van der Waals surface area (Å²) in [4.78, 5) is 4.60. The van der Waals surface area contributed by atoms with Crippen LogP contribution in [-0.4, -0.2) is 11.8 Å². The van der Waals surface area contributed by atoms with Gasteiger partial charge < -0.3 is 0 Å². The van der Waals surface area contributed by atoms with Gasteiger partial charge in [0.05, 0.1) is 5.54 Å². The monoisotopic (exact) mass is 221 g/mol. The maximum Gasteiger partial charge on any atom is 0.0728 e. The second-order valence-electron chi connectivity index (χ2n) is 5.31. The van der Waals surface area contributed by atoms with E-state index in [0.717, 1.165) is 0 Å². The van der Waals surface area contributed by atoms with Crippen molar-refractivity contribution < 1.29 is 0 Å². The van der Waals surface area contributed by atoms with Crippen molar-refractivity contribution in [2.75, 3.05) is 0 Å². The largest absolute Gasteiger partial charge is 0.286 e. The second kappa shape index (κ2) is 6.03. The number of hydrogen-bond donors (Lipinski definition) is 0. The molecule has 0 amide bonds. The molecular weight excluding hydrogens is 194 g/mol. The summed E-state index contributed by atoms with van der Waals surface area (Å²) in [6, 6.07) is 0. The zero-order valence-corrected chi connectivity index (χ0v) is 11.9. The van der Waals surface area contributed by atoms with E-state index in [1.807, 2.05) is 20.1 Å². The van der Waals surface area contributed by atoms with Crippen molar-refractivity contribution in [1.82, 2.24) is 0 Å². The quantitative estimate of drug-likeness (QED) is 0.528. The van der Waals surface area contributed by atoms with Gasteiger partial charge in [-0.3, -0.25) is 4.99 Å². The Morgan fingerprint density at radius 2 is 1.44 bits per heavy atom. The molecule has 0 aliphatic carbocycles. The molecular formula is C15H27N. The first-order valence-corrected chi connectivity index (χ1v) is 6.26. The molecule has 1 unspecified atom stereocenters. The second-order valence-corrected chi connectivity index (χ2v) is 5.31. The zero-order chi connectivity index (χ0) is 12.8. The summed E-state index contributed by atoms with van der Waals surface area (Å²) in [7, 11) is 0. The first-order valence-electron chi connectivity index (χ1n) is 6.26. The van der Waals surface area contributed by atoms with Gasteiger partial charge in [-0.1, -0.05) is 58.9 Å². The van der Waals surface area contributed by atoms with Gasteiger partial charge in [0, 0.05) is 11.6 Å². The highest BCUT2D eigenvalue weighted by molar-refractivity contribution is 5.68. The molecule has 0 aromatic rings. The Balaban J connectivity index is 0.00000106. The van der Waals surface area contributed by atoms with Crippen LogP contribution in [0.25, 0.3) is 0 Å². The lowest BCUT2D eigenvalue weighted by atomic mass is 9.93. The molecule has 0 radical (unpaired) electrons. The molecule has 1 rings (SSSR count). The Morgan fingerprint density at radius 3 is 2.00 bits per heavy atom. The van der Waals surface area contributed by atoms with Crippen molar-refractivity contribution in [2.24, 2.45) is 16.3 Å². The number of aliphatic imine (C=N–C) groups is 1. The van der Waals surface area contributed by atoms with E-state index in [2.05, 4.69) is 63.9 Å². The highest BCUT2D eigenvalue weighted by atomic mass is 14.8. The molecule has 0 saturated carbocycles. The topological polar surface area (TPSA) is 12.4 Å². The molecule has 1 heteroatoms. The molecule has 0 aromatic heterocycles. The minimum absolute atomic E-state index is 0.0670. The first kappa shape index (κ1) is 15.2. The molecule has 1 nitrogen and oxygen atoms in total. The van der Waals surface area contributed by atoms with E-state index in [4.69, 9.17) is 0 Å². The third kappa shape index (κ3) is 5.89. The maximum absolute atomic E-state index is 4.60. The van der Waals surface area contributed by atoms with Gasteiger partial charge in [0.1, 0.15) is 0 Å². The zero-order valence-electron chi connectivity index (χ0n) is 11.9. The lowest BCUT2D eigenvalue weighted by Gasteiger charge is -2.18. The van der Waals surface area contributed by atoms with Gasteiger partial charge in [-0.2, -0.15) is 0 Å². The van der Waals surface area contributed by atoms with Crippen molar-refractivity contribution >= 4 is 6.21 Å². The third-order valence-corrected chi connectivity index (χ3v) is 2.37. The minimum atomic E-state index is -0.0719. The summed E-state index contributed by atoms with van der Waals surface area (Å²) in [5.41, 5.74) is -0.00486. The van der Waals surface area contributed by atoms with E-state index in [9.17, 15) is 0 Å². The maximum atomic E-state index is 4.60. The Hall–Kier alpha value is -0.850. The van der Waals surface area contributed by atoms with Gasteiger partial charge in [-0.25, -0.2) is 0 Å². The third-order valence-electron chi connectivity index (χ3n) is 2.37. The molecule has 16 heavy (non-hydrogen) atoms. The fourth-order valence-corrected chi connectivity index (χ4v) is 1.27. The van der Waals surface area contributed by atoms with Gasteiger partial charge in [0.2, 0.25) is 0 Å². The van der Waals surface area contributed by atoms with E-state index in [-0.39, 0.29) is 11.0 Å². The molecule has 0 N–H and O–H groups in total. The van der Waals surface area contributed by atoms with E-state index in [0.29, 0.717) is 5.92 Å². The highest BCUT2D eigenvalue weighted by Gasteiger charge is 2.16. The molecule has 0 aromatic carbocycles. The van der Waals surface area contributed by atoms with E-state index in [1.165, 1.54) is 0 Å². The lowest BCUT2D eigenvalue weighted by molar-refractivity contribution is 0.629. The van der Waals surface area contributed by atoms with Crippen molar-refractivity contribution in [3.05, 3.63) is 24.3 Å². The molecule has 0 spiro atoms. The van der Waals surface area contributed by atoms with Crippen LogP contribution in [0.1, 0.15) is 48.5 Å². The Bertz CT molecular complexity index is 252. The normalized spacial score (nSPS) is 30.1. The predicted octanol–water partition coefficient (Wildman–Crippen LogP) is 4.65. The van der Waals surface area contributed by atoms with Gasteiger partial charge in [0.15, 0.2) is 0 Å². The molecule has 1 aliphatic rings. The summed E-state index contributed by atoms with van der Waals surface area (Å²) in [6.07, 6.45) is 10.9. The molecule has 0 bridgehead atoms. The number of nitrogens with zero attached hydrogens (tertiary/aromatic N) is 1. The number of hydrogen-bond acceptors (Lipinski definition) is 1. The Labute approximate surface area is 101 Å². The predicted molar refractivity (Wildman–Crippen MR) is 75.1 cm³/mol. The van der Waals surface area contributed by atoms with E-state index < -0.39 is 0 Å². The van der Waals surface area contributed by atoms with Crippen LogP contribution in [0.3, 0.4) is 0 Å². The fraction of sp³-hybridized carbons (Fsp3) is 0.667. The van der Waals surface area contributed by atoms with Crippen LogP contribution in [0.2, 0.25) is 0 Å². The van der Waals surface area contributed by atoms with E-state index >= 15 is 0 Å². The van der Waals surface area contributed by atoms with Gasteiger partial charge in [0.25, 0.3) is 0 Å². The highest BCUT2D eigenvalue weighted by Crippen LogP contribution is 2.21. The van der Waals surface area contributed by atoms with Crippen LogP contribution in [0, 0.1) is 11.3 Å². The van der Waals surface area contributed by atoms with Crippen LogP contribution in [-0.2, 0) is 0 Å². The van der Waals surface area contributed by atoms with Gasteiger partial charge >= 0.3 is 0 Å². The van der Waals surface area contributed by atoms with Gasteiger partial charge in [-0.05, 0) is 19.8 Å². The van der Waals surface area contributed by atoms with Crippen LogP contribution in [0.5, 0.6) is 0 Å². The van der Waals surface area contributed by atoms with Gasteiger partial charge in [-0.15, -0.1) is 0 Å². The average molecular weight is 221 g/mol. The molecule has 0 fully saturated rings. The number of rotatable bonds is 0. The fourth-order valence-electron chi connectivity index (χ4n) is 1.27. The Morgan fingerprint density at radius 1 is 0.938 bits per heavy atom. The molecule has 1 heterocycles. The summed E-state index contributed by atoms with van der Waals surface area (Å²) < 4.78 is 0. The number of allylic oxidation sites excluding steroid dienone is 3. The first-order chi connectivity index (χ1) is 7.31. The van der Waals surface area contributed by atoms with Crippen LogP contribution in [0.4, 0.5) is 0 Å². The lowest BCUT2D eigenvalue weighted by Crippen LogP contribution is -2.17. The SMILES string of the molecule is CC.CC1/C=C\C(C)(C)C=NC(C)(C)/C=C\1. The van der Waals surface area contributed by atoms with E-state index in [1.54, 1.807) is 0 Å². The average Bonchev–Trinajstić information content (AvgIpc) is 2.27. The summed E-state index contributed by atoms with van der Waals surface area (Å²) in [5.74, 6) is 0.496. The summed E-state index contributed by atoms with van der Waals surface area (Å²) >= 11 is 0. The molecule has 1 aliphatic heterocycles. The molecule has 0 saturated heterocycles. The van der Waals surface area contributed by atoms with Crippen LogP contribution in [0.15, 0.2) is 29.3 Å². The molecule has 1 atom stereocenters. The molecule has 92 valence electrons.